The molecule has 0 radical (unpaired) electrons. The Hall–Kier alpha value is -0.620. The highest BCUT2D eigenvalue weighted by molar-refractivity contribution is 7.89. The van der Waals surface area contributed by atoms with Crippen LogP contribution in [0.3, 0.4) is 0 Å². The average molecular weight is 290 g/mol. The molecular formula is C12H16ClNO3S. The first-order valence-electron chi connectivity index (χ1n) is 5.85. The Morgan fingerprint density at radius 2 is 1.94 bits per heavy atom. The third-order valence-electron chi connectivity index (χ3n) is 3.19. The fraction of sp³-hybridized carbons (Fsp3) is 0.500. The first kappa shape index (κ1) is 13.8. The summed E-state index contributed by atoms with van der Waals surface area (Å²) in [6, 6.07) is 4.71. The quantitative estimate of drug-likeness (QED) is 0.903. The molecule has 0 unspecified atom stereocenters. The van der Waals surface area contributed by atoms with E-state index in [1.807, 2.05) is 0 Å². The smallest absolute Gasteiger partial charge is 0.243 e. The van der Waals surface area contributed by atoms with Crippen molar-refractivity contribution in [3.63, 3.8) is 0 Å². The molecule has 1 saturated heterocycles. The molecule has 18 heavy (non-hydrogen) atoms. The third kappa shape index (κ3) is 2.69. The summed E-state index contributed by atoms with van der Waals surface area (Å²) in [6.45, 7) is 2.51. The minimum Gasteiger partial charge on any atom is -0.393 e. The number of piperidine rings is 1. The standard InChI is InChI=1S/C12H16ClNO3S/c1-9-8-11(2-3-12(9)13)18(16,17)14-6-4-10(15)5-7-14/h2-3,8,10,15H,4-7H2,1H3. The number of benzene rings is 1. The molecule has 0 aliphatic carbocycles. The largest absolute Gasteiger partial charge is 0.393 e. The summed E-state index contributed by atoms with van der Waals surface area (Å²) >= 11 is 5.89. The van der Waals surface area contributed by atoms with E-state index in [-0.39, 0.29) is 11.0 Å². The normalized spacial score (nSPS) is 19.1. The lowest BCUT2D eigenvalue weighted by atomic mass is 10.1. The van der Waals surface area contributed by atoms with Crippen molar-refractivity contribution >= 4 is 21.6 Å². The second-order valence-electron chi connectivity index (χ2n) is 4.55. The lowest BCUT2D eigenvalue weighted by Gasteiger charge is -2.28. The van der Waals surface area contributed by atoms with Gasteiger partial charge in [0.25, 0.3) is 0 Å². The van der Waals surface area contributed by atoms with Gasteiger partial charge in [-0.15, -0.1) is 0 Å². The van der Waals surface area contributed by atoms with Gasteiger partial charge in [-0.2, -0.15) is 4.31 Å². The Morgan fingerprint density at radius 3 is 2.50 bits per heavy atom. The number of halogens is 1. The van der Waals surface area contributed by atoms with Crippen molar-refractivity contribution in [3.8, 4) is 0 Å². The van der Waals surface area contributed by atoms with Gasteiger partial charge in [0.05, 0.1) is 11.0 Å². The lowest BCUT2D eigenvalue weighted by Crippen LogP contribution is -2.40. The summed E-state index contributed by atoms with van der Waals surface area (Å²) in [5, 5.41) is 9.96. The van der Waals surface area contributed by atoms with Gasteiger partial charge < -0.3 is 5.11 Å². The van der Waals surface area contributed by atoms with Crippen molar-refractivity contribution in [2.45, 2.75) is 30.8 Å². The molecule has 1 aliphatic rings. The molecular weight excluding hydrogens is 274 g/mol. The first-order valence-corrected chi connectivity index (χ1v) is 7.67. The third-order valence-corrected chi connectivity index (χ3v) is 5.51. The zero-order valence-corrected chi connectivity index (χ0v) is 11.7. The predicted octanol–water partition coefficient (Wildman–Crippen LogP) is 1.79. The summed E-state index contributed by atoms with van der Waals surface area (Å²) in [7, 11) is -3.46. The fourth-order valence-corrected chi connectivity index (χ4v) is 3.68. The second-order valence-corrected chi connectivity index (χ2v) is 6.89. The SMILES string of the molecule is Cc1cc(S(=O)(=O)N2CCC(O)CC2)ccc1Cl. The van der Waals surface area contributed by atoms with Crippen molar-refractivity contribution in [1.29, 1.82) is 0 Å². The summed E-state index contributed by atoms with van der Waals surface area (Å²) < 4.78 is 26.1. The number of aliphatic hydroxyl groups is 1. The molecule has 4 nitrogen and oxygen atoms in total. The van der Waals surface area contributed by atoms with Gasteiger partial charge in [0.2, 0.25) is 10.0 Å². The maximum atomic E-state index is 12.4. The minimum absolute atomic E-state index is 0.265. The van der Waals surface area contributed by atoms with Crippen molar-refractivity contribution in [1.82, 2.24) is 4.31 Å². The minimum atomic E-state index is -3.46. The van der Waals surface area contributed by atoms with Gasteiger partial charge in [-0.1, -0.05) is 11.6 Å². The maximum Gasteiger partial charge on any atom is 0.243 e. The lowest BCUT2D eigenvalue weighted by molar-refractivity contribution is 0.113. The molecule has 1 fully saturated rings. The highest BCUT2D eigenvalue weighted by Crippen LogP contribution is 2.24. The van der Waals surface area contributed by atoms with Crippen LogP contribution in [-0.2, 0) is 10.0 Å². The van der Waals surface area contributed by atoms with E-state index in [1.54, 1.807) is 19.1 Å². The second kappa shape index (κ2) is 5.17. The zero-order chi connectivity index (χ0) is 13.3. The van der Waals surface area contributed by atoms with E-state index in [2.05, 4.69) is 0 Å². The number of nitrogens with zero attached hydrogens (tertiary/aromatic N) is 1. The monoisotopic (exact) mass is 289 g/mol. The number of hydrogen-bond donors (Lipinski definition) is 1. The number of rotatable bonds is 2. The molecule has 0 saturated carbocycles. The van der Waals surface area contributed by atoms with E-state index in [4.69, 9.17) is 11.6 Å². The zero-order valence-electron chi connectivity index (χ0n) is 10.1. The van der Waals surface area contributed by atoms with Crippen LogP contribution in [0.4, 0.5) is 0 Å². The molecule has 1 heterocycles. The summed E-state index contributed by atoms with van der Waals surface area (Å²) in [5.41, 5.74) is 0.745. The van der Waals surface area contributed by atoms with E-state index in [9.17, 15) is 13.5 Å². The van der Waals surface area contributed by atoms with Gasteiger partial charge in [0.15, 0.2) is 0 Å². The van der Waals surface area contributed by atoms with Gasteiger partial charge in [-0.3, -0.25) is 0 Å². The van der Waals surface area contributed by atoms with Crippen LogP contribution in [0.25, 0.3) is 0 Å². The topological polar surface area (TPSA) is 57.6 Å². The molecule has 100 valence electrons. The maximum absolute atomic E-state index is 12.4. The van der Waals surface area contributed by atoms with Crippen LogP contribution in [-0.4, -0.2) is 37.0 Å². The molecule has 1 aromatic carbocycles. The summed E-state index contributed by atoms with van der Waals surface area (Å²) in [6.07, 6.45) is 0.598. The predicted molar refractivity (Wildman–Crippen MR) is 70.2 cm³/mol. The molecule has 0 amide bonds. The van der Waals surface area contributed by atoms with Crippen LogP contribution in [0.2, 0.25) is 5.02 Å². The molecule has 1 aromatic rings. The molecule has 0 atom stereocenters. The number of sulfonamides is 1. The van der Waals surface area contributed by atoms with Crippen LogP contribution in [0, 0.1) is 6.92 Å². The van der Waals surface area contributed by atoms with E-state index < -0.39 is 10.0 Å². The van der Waals surface area contributed by atoms with Crippen molar-refractivity contribution < 1.29 is 13.5 Å². The highest BCUT2D eigenvalue weighted by atomic mass is 35.5. The van der Waals surface area contributed by atoms with E-state index in [0.29, 0.717) is 31.0 Å². The Morgan fingerprint density at radius 1 is 1.33 bits per heavy atom. The molecule has 0 aromatic heterocycles. The molecule has 6 heteroatoms. The van der Waals surface area contributed by atoms with Crippen LogP contribution in [0.1, 0.15) is 18.4 Å². The van der Waals surface area contributed by atoms with E-state index >= 15 is 0 Å². The Kier molecular flexibility index (Phi) is 3.96. The fourth-order valence-electron chi connectivity index (χ4n) is 2.01. The van der Waals surface area contributed by atoms with Gasteiger partial charge in [0, 0.05) is 18.1 Å². The van der Waals surface area contributed by atoms with Crippen LogP contribution in [0.5, 0.6) is 0 Å². The molecule has 2 rings (SSSR count). The van der Waals surface area contributed by atoms with Gasteiger partial charge in [-0.05, 0) is 43.5 Å². The summed E-state index contributed by atoms with van der Waals surface area (Å²) in [4.78, 5) is 0.265. The van der Waals surface area contributed by atoms with E-state index in [1.165, 1.54) is 10.4 Å². The molecule has 0 bridgehead atoms. The van der Waals surface area contributed by atoms with Gasteiger partial charge in [-0.25, -0.2) is 8.42 Å². The Labute approximate surface area is 112 Å². The summed E-state index contributed by atoms with van der Waals surface area (Å²) in [5.74, 6) is 0. The van der Waals surface area contributed by atoms with Gasteiger partial charge >= 0.3 is 0 Å². The Balaban J connectivity index is 2.27. The molecule has 1 aliphatic heterocycles. The van der Waals surface area contributed by atoms with Gasteiger partial charge in [0.1, 0.15) is 0 Å². The number of hydrogen-bond acceptors (Lipinski definition) is 3. The van der Waals surface area contributed by atoms with Crippen molar-refractivity contribution in [2.24, 2.45) is 0 Å². The molecule has 1 N–H and O–H groups in total. The van der Waals surface area contributed by atoms with Crippen LogP contribution >= 0.6 is 11.6 Å². The van der Waals surface area contributed by atoms with E-state index in [0.717, 1.165) is 5.56 Å². The average Bonchev–Trinajstić information content (AvgIpc) is 2.33. The van der Waals surface area contributed by atoms with Crippen LogP contribution in [0.15, 0.2) is 23.1 Å². The van der Waals surface area contributed by atoms with Crippen molar-refractivity contribution in [3.05, 3.63) is 28.8 Å². The Bertz CT molecular complexity index is 536. The van der Waals surface area contributed by atoms with Crippen LogP contribution < -0.4 is 0 Å². The number of aliphatic hydroxyl groups excluding tert-OH is 1. The molecule has 0 spiro atoms. The highest BCUT2D eigenvalue weighted by Gasteiger charge is 2.28. The first-order chi connectivity index (χ1) is 8.41. The van der Waals surface area contributed by atoms with Crippen molar-refractivity contribution in [2.75, 3.05) is 13.1 Å². The number of aryl methyl sites for hydroxylation is 1.